The van der Waals surface area contributed by atoms with Gasteiger partial charge in [-0.05, 0) is 18.2 Å². The molecule has 0 saturated heterocycles. The fourth-order valence-corrected chi connectivity index (χ4v) is 0.828. The zero-order valence-electron chi connectivity index (χ0n) is 6.87. The summed E-state index contributed by atoms with van der Waals surface area (Å²) >= 11 is 0. The van der Waals surface area contributed by atoms with Crippen LogP contribution in [0.4, 0.5) is 8.78 Å². The molecule has 0 heterocycles. The smallest absolute Gasteiger partial charge is 0.370 e. The number of rotatable bonds is 2. The average molecular weight is 200 g/mol. The second kappa shape index (κ2) is 3.87. The van der Waals surface area contributed by atoms with Crippen molar-refractivity contribution >= 4 is 12.0 Å². The highest BCUT2D eigenvalue weighted by molar-refractivity contribution is 5.89. The molecule has 14 heavy (non-hydrogen) atoms. The number of carboxylic acid groups (broad SMARTS) is 1. The minimum atomic E-state index is -1.58. The van der Waals surface area contributed by atoms with Crippen LogP contribution in [0.15, 0.2) is 24.0 Å². The van der Waals surface area contributed by atoms with Crippen molar-refractivity contribution in [1.29, 1.82) is 0 Å². The maximum absolute atomic E-state index is 12.9. The molecule has 3 nitrogen and oxygen atoms in total. The summed E-state index contributed by atoms with van der Waals surface area (Å²) in [7, 11) is 0. The molecule has 0 atom stereocenters. The summed E-state index contributed by atoms with van der Waals surface area (Å²) < 4.78 is 25.3. The van der Waals surface area contributed by atoms with Crippen LogP contribution >= 0.6 is 0 Å². The van der Waals surface area contributed by atoms with Gasteiger partial charge in [0, 0.05) is 11.6 Å². The van der Waals surface area contributed by atoms with E-state index in [-0.39, 0.29) is 5.56 Å². The SMILES string of the molecule is O=C(O)/C(O)=C/c1ccc(F)cc1F. The van der Waals surface area contributed by atoms with Crippen molar-refractivity contribution in [3.63, 3.8) is 0 Å². The maximum atomic E-state index is 12.9. The van der Waals surface area contributed by atoms with Gasteiger partial charge in [0.1, 0.15) is 11.6 Å². The minimum absolute atomic E-state index is 0.189. The van der Waals surface area contributed by atoms with Crippen LogP contribution in [-0.2, 0) is 4.79 Å². The summed E-state index contributed by atoms with van der Waals surface area (Å²) in [4.78, 5) is 10.2. The number of aliphatic hydroxyl groups excluding tert-OH is 1. The van der Waals surface area contributed by atoms with Gasteiger partial charge in [-0.2, -0.15) is 0 Å². The molecule has 0 aliphatic heterocycles. The third-order valence-corrected chi connectivity index (χ3v) is 1.47. The molecule has 1 rings (SSSR count). The van der Waals surface area contributed by atoms with E-state index in [1.54, 1.807) is 0 Å². The Kier molecular flexibility index (Phi) is 2.81. The number of benzene rings is 1. The largest absolute Gasteiger partial charge is 0.502 e. The van der Waals surface area contributed by atoms with Gasteiger partial charge in [0.15, 0.2) is 0 Å². The Morgan fingerprint density at radius 3 is 2.43 bits per heavy atom. The summed E-state index contributed by atoms with van der Waals surface area (Å²) in [6, 6.07) is 2.59. The molecule has 0 radical (unpaired) electrons. The van der Waals surface area contributed by atoms with Gasteiger partial charge in [0.05, 0.1) is 0 Å². The van der Waals surface area contributed by atoms with Crippen LogP contribution in [0.2, 0.25) is 0 Å². The van der Waals surface area contributed by atoms with Gasteiger partial charge < -0.3 is 10.2 Å². The third-order valence-electron chi connectivity index (χ3n) is 1.47. The van der Waals surface area contributed by atoms with Gasteiger partial charge in [-0.15, -0.1) is 0 Å². The van der Waals surface area contributed by atoms with E-state index in [0.717, 1.165) is 12.1 Å². The fourth-order valence-electron chi connectivity index (χ4n) is 0.828. The summed E-state index contributed by atoms with van der Waals surface area (Å²) in [5, 5.41) is 17.0. The second-order valence-electron chi connectivity index (χ2n) is 2.50. The first kappa shape index (κ1) is 10.2. The van der Waals surface area contributed by atoms with Crippen molar-refractivity contribution in [2.45, 2.75) is 0 Å². The molecular weight excluding hydrogens is 194 g/mol. The van der Waals surface area contributed by atoms with Crippen LogP contribution in [0.5, 0.6) is 0 Å². The Morgan fingerprint density at radius 1 is 1.29 bits per heavy atom. The summed E-state index contributed by atoms with van der Waals surface area (Å²) in [5.41, 5.74) is -0.189. The van der Waals surface area contributed by atoms with E-state index in [2.05, 4.69) is 0 Å². The topological polar surface area (TPSA) is 57.5 Å². The van der Waals surface area contributed by atoms with E-state index < -0.39 is 23.4 Å². The zero-order valence-corrected chi connectivity index (χ0v) is 6.87. The van der Waals surface area contributed by atoms with Crippen LogP contribution < -0.4 is 0 Å². The molecule has 5 heteroatoms. The van der Waals surface area contributed by atoms with Crippen LogP contribution in [0, 0.1) is 11.6 Å². The van der Waals surface area contributed by atoms with E-state index in [9.17, 15) is 13.6 Å². The molecule has 0 spiro atoms. The molecule has 2 N–H and O–H groups in total. The van der Waals surface area contributed by atoms with Crippen molar-refractivity contribution in [2.75, 3.05) is 0 Å². The molecule has 0 aliphatic rings. The lowest BCUT2D eigenvalue weighted by atomic mass is 10.2. The lowest BCUT2D eigenvalue weighted by Gasteiger charge is -1.97. The number of carboxylic acids is 1. The number of halogens is 2. The Morgan fingerprint density at radius 2 is 1.93 bits per heavy atom. The number of carbonyl (C=O) groups is 1. The number of aliphatic carboxylic acids is 1. The molecule has 0 saturated carbocycles. The summed E-state index contributed by atoms with van der Waals surface area (Å²) in [6.07, 6.45) is 0.705. The molecule has 0 aromatic heterocycles. The normalized spacial score (nSPS) is 11.4. The number of aliphatic hydroxyl groups is 1. The lowest BCUT2D eigenvalue weighted by Crippen LogP contribution is -1.99. The molecule has 0 bridgehead atoms. The van der Waals surface area contributed by atoms with E-state index in [1.165, 1.54) is 0 Å². The van der Waals surface area contributed by atoms with E-state index in [0.29, 0.717) is 12.1 Å². The number of hydrogen-bond acceptors (Lipinski definition) is 2. The second-order valence-corrected chi connectivity index (χ2v) is 2.50. The predicted octanol–water partition coefficient (Wildman–Crippen LogP) is 1.95. The summed E-state index contributed by atoms with van der Waals surface area (Å²) in [5.74, 6) is -4.28. The van der Waals surface area contributed by atoms with Crippen molar-refractivity contribution in [1.82, 2.24) is 0 Å². The van der Waals surface area contributed by atoms with Crippen molar-refractivity contribution in [2.24, 2.45) is 0 Å². The first-order valence-corrected chi connectivity index (χ1v) is 3.59. The molecule has 0 fully saturated rings. The number of hydrogen-bond donors (Lipinski definition) is 2. The molecule has 0 amide bonds. The highest BCUT2D eigenvalue weighted by Gasteiger charge is 2.07. The van der Waals surface area contributed by atoms with E-state index >= 15 is 0 Å². The van der Waals surface area contributed by atoms with Gasteiger partial charge in [0.2, 0.25) is 5.76 Å². The minimum Gasteiger partial charge on any atom is -0.502 e. The highest BCUT2D eigenvalue weighted by Crippen LogP contribution is 2.12. The first-order valence-electron chi connectivity index (χ1n) is 3.59. The molecule has 0 aliphatic carbocycles. The van der Waals surface area contributed by atoms with Crippen molar-refractivity contribution in [3.8, 4) is 0 Å². The van der Waals surface area contributed by atoms with Gasteiger partial charge >= 0.3 is 5.97 Å². The first-order chi connectivity index (χ1) is 6.50. The Balaban J connectivity index is 3.09. The molecule has 1 aromatic rings. The van der Waals surface area contributed by atoms with Crippen LogP contribution in [0.1, 0.15) is 5.56 Å². The monoisotopic (exact) mass is 200 g/mol. The van der Waals surface area contributed by atoms with Gasteiger partial charge in [-0.1, -0.05) is 0 Å². The summed E-state index contributed by atoms with van der Waals surface area (Å²) in [6.45, 7) is 0. The van der Waals surface area contributed by atoms with Crippen LogP contribution in [-0.4, -0.2) is 16.2 Å². The quantitative estimate of drug-likeness (QED) is 0.566. The van der Waals surface area contributed by atoms with Crippen LogP contribution in [0.25, 0.3) is 6.08 Å². The average Bonchev–Trinajstić information content (AvgIpc) is 2.09. The van der Waals surface area contributed by atoms with Gasteiger partial charge in [-0.25, -0.2) is 13.6 Å². The van der Waals surface area contributed by atoms with E-state index in [4.69, 9.17) is 10.2 Å². The van der Waals surface area contributed by atoms with Gasteiger partial charge in [-0.3, -0.25) is 0 Å². The predicted molar refractivity (Wildman–Crippen MR) is 44.6 cm³/mol. The fraction of sp³-hybridized carbons (Fsp3) is 0. The van der Waals surface area contributed by atoms with E-state index in [1.807, 2.05) is 0 Å². The van der Waals surface area contributed by atoms with Crippen molar-refractivity contribution < 1.29 is 23.8 Å². The lowest BCUT2D eigenvalue weighted by molar-refractivity contribution is -0.135. The standard InChI is InChI=1S/C9H6F2O3/c10-6-2-1-5(7(11)4-6)3-8(12)9(13)14/h1-4,12H,(H,13,14)/b8-3-. The highest BCUT2D eigenvalue weighted by atomic mass is 19.1. The van der Waals surface area contributed by atoms with Crippen molar-refractivity contribution in [3.05, 3.63) is 41.2 Å². The molecule has 1 aromatic carbocycles. The van der Waals surface area contributed by atoms with Gasteiger partial charge in [0.25, 0.3) is 0 Å². The molecular formula is C9H6F2O3. The third kappa shape index (κ3) is 2.29. The molecule has 0 unspecified atom stereocenters. The molecule has 74 valence electrons. The van der Waals surface area contributed by atoms with Crippen LogP contribution in [0.3, 0.4) is 0 Å². The Bertz CT molecular complexity index is 399. The Labute approximate surface area is 77.9 Å². The zero-order chi connectivity index (χ0) is 10.7. The maximum Gasteiger partial charge on any atom is 0.370 e. The Hall–Kier alpha value is -1.91.